The number of hydrogen-bond acceptors (Lipinski definition) is 5. The molecular formula is C16H20N4O2. The second kappa shape index (κ2) is 5.51. The van der Waals surface area contributed by atoms with E-state index in [-0.39, 0.29) is 6.09 Å². The fourth-order valence-electron chi connectivity index (χ4n) is 2.60. The molecule has 0 saturated carbocycles. The smallest absolute Gasteiger partial charge is 0.410 e. The van der Waals surface area contributed by atoms with E-state index in [2.05, 4.69) is 15.0 Å². The topological polar surface area (TPSA) is 67.7 Å². The third-order valence-electron chi connectivity index (χ3n) is 3.60. The van der Waals surface area contributed by atoms with E-state index in [1.54, 1.807) is 23.4 Å². The molecule has 116 valence electrons. The fraction of sp³-hybridized carbons (Fsp3) is 0.500. The Hall–Kier alpha value is -2.24. The summed E-state index contributed by atoms with van der Waals surface area (Å²) in [6, 6.07) is 1.78. The summed E-state index contributed by atoms with van der Waals surface area (Å²) in [7, 11) is 0. The van der Waals surface area contributed by atoms with E-state index >= 15 is 0 Å². The van der Waals surface area contributed by atoms with Crippen LogP contribution in [-0.2, 0) is 4.74 Å². The van der Waals surface area contributed by atoms with E-state index in [0.29, 0.717) is 25.5 Å². The van der Waals surface area contributed by atoms with Gasteiger partial charge < -0.3 is 9.64 Å². The lowest BCUT2D eigenvalue weighted by Gasteiger charge is -2.31. The van der Waals surface area contributed by atoms with Gasteiger partial charge in [0.15, 0.2) is 5.82 Å². The molecule has 0 aliphatic carbocycles. The van der Waals surface area contributed by atoms with Crippen molar-refractivity contribution in [3.63, 3.8) is 0 Å². The van der Waals surface area contributed by atoms with Crippen LogP contribution in [0.25, 0.3) is 0 Å². The number of carbonyl (C=O) groups is 1. The van der Waals surface area contributed by atoms with E-state index in [1.165, 1.54) is 5.57 Å². The Labute approximate surface area is 129 Å². The Morgan fingerprint density at radius 1 is 1.27 bits per heavy atom. The molecule has 0 radical (unpaired) electrons. The molecule has 0 spiro atoms. The van der Waals surface area contributed by atoms with E-state index in [1.807, 2.05) is 20.8 Å². The first kappa shape index (κ1) is 14.7. The average molecular weight is 300 g/mol. The Morgan fingerprint density at radius 3 is 2.68 bits per heavy atom. The molecule has 0 saturated heterocycles. The normalized spacial score (nSPS) is 18.1. The molecule has 0 atom stereocenters. The number of ether oxygens (including phenoxy) is 1. The summed E-state index contributed by atoms with van der Waals surface area (Å²) in [5.74, 6) is 0.624. The summed E-state index contributed by atoms with van der Waals surface area (Å²) in [6.07, 6.45) is 3.96. The van der Waals surface area contributed by atoms with Crippen molar-refractivity contribution in [2.24, 2.45) is 4.99 Å². The lowest BCUT2D eigenvalue weighted by atomic mass is 9.99. The van der Waals surface area contributed by atoms with Crippen molar-refractivity contribution in [1.82, 2.24) is 14.9 Å². The summed E-state index contributed by atoms with van der Waals surface area (Å²) in [4.78, 5) is 27.1. The lowest BCUT2D eigenvalue weighted by Crippen LogP contribution is -2.41. The highest BCUT2D eigenvalue weighted by Crippen LogP contribution is 2.27. The summed E-state index contributed by atoms with van der Waals surface area (Å²) >= 11 is 0. The van der Waals surface area contributed by atoms with Gasteiger partial charge in [0.25, 0.3) is 0 Å². The molecule has 1 aromatic heterocycles. The Morgan fingerprint density at radius 2 is 2.00 bits per heavy atom. The number of nitrogens with zero attached hydrogens (tertiary/aromatic N) is 4. The van der Waals surface area contributed by atoms with E-state index < -0.39 is 5.60 Å². The highest BCUT2D eigenvalue weighted by Gasteiger charge is 2.32. The Bertz CT molecular complexity index is 644. The molecule has 0 fully saturated rings. The van der Waals surface area contributed by atoms with Crippen LogP contribution >= 0.6 is 0 Å². The van der Waals surface area contributed by atoms with Gasteiger partial charge in [-0.1, -0.05) is 0 Å². The molecule has 1 amide bonds. The molecule has 2 aliphatic heterocycles. The maximum absolute atomic E-state index is 12.3. The molecule has 1 aromatic rings. The van der Waals surface area contributed by atoms with E-state index in [4.69, 9.17) is 4.74 Å². The molecule has 6 heteroatoms. The number of aliphatic imine (C=N–C) groups is 1. The summed E-state index contributed by atoms with van der Waals surface area (Å²) < 4.78 is 5.46. The van der Waals surface area contributed by atoms with Crippen molar-refractivity contribution in [1.29, 1.82) is 0 Å². The molecule has 0 N–H and O–H groups in total. The quantitative estimate of drug-likeness (QED) is 0.797. The maximum atomic E-state index is 12.3. The van der Waals surface area contributed by atoms with Gasteiger partial charge in [0, 0.05) is 24.5 Å². The van der Waals surface area contributed by atoms with Gasteiger partial charge in [-0.25, -0.2) is 14.8 Å². The van der Waals surface area contributed by atoms with Gasteiger partial charge in [0.05, 0.1) is 13.1 Å². The molecule has 0 unspecified atom stereocenters. The van der Waals surface area contributed by atoms with Crippen LogP contribution in [-0.4, -0.2) is 51.9 Å². The number of hydrogen-bond donors (Lipinski definition) is 0. The summed E-state index contributed by atoms with van der Waals surface area (Å²) in [5, 5.41) is 0. The van der Waals surface area contributed by atoms with Gasteiger partial charge in [-0.2, -0.15) is 0 Å². The van der Waals surface area contributed by atoms with E-state index in [0.717, 1.165) is 17.7 Å². The van der Waals surface area contributed by atoms with Crippen molar-refractivity contribution in [3.05, 3.63) is 35.4 Å². The van der Waals surface area contributed by atoms with Gasteiger partial charge in [-0.3, -0.25) is 4.99 Å². The molecule has 0 aromatic carbocycles. The third kappa shape index (κ3) is 3.00. The van der Waals surface area contributed by atoms with Gasteiger partial charge in [-0.05, 0) is 38.8 Å². The zero-order valence-corrected chi connectivity index (χ0v) is 13.2. The second-order valence-corrected chi connectivity index (χ2v) is 6.47. The van der Waals surface area contributed by atoms with Crippen molar-refractivity contribution >= 4 is 11.8 Å². The van der Waals surface area contributed by atoms with Gasteiger partial charge in [0.2, 0.25) is 0 Å². The zero-order chi connectivity index (χ0) is 15.7. The fourth-order valence-corrected chi connectivity index (χ4v) is 2.60. The first-order chi connectivity index (χ1) is 10.4. The first-order valence-corrected chi connectivity index (χ1v) is 7.45. The number of carbonyl (C=O) groups excluding carboxylic acids is 1. The van der Waals surface area contributed by atoms with Crippen LogP contribution in [0.1, 0.15) is 33.0 Å². The zero-order valence-electron chi connectivity index (χ0n) is 13.2. The summed E-state index contributed by atoms with van der Waals surface area (Å²) in [6.45, 7) is 7.50. The minimum absolute atomic E-state index is 0.278. The van der Waals surface area contributed by atoms with Crippen LogP contribution in [0, 0.1) is 0 Å². The number of amides is 1. The van der Waals surface area contributed by atoms with Crippen molar-refractivity contribution in [2.45, 2.75) is 32.8 Å². The maximum Gasteiger partial charge on any atom is 0.410 e. The highest BCUT2D eigenvalue weighted by atomic mass is 16.6. The molecule has 2 aliphatic rings. The first-order valence-electron chi connectivity index (χ1n) is 7.45. The van der Waals surface area contributed by atoms with Crippen LogP contribution in [0.3, 0.4) is 0 Å². The highest BCUT2D eigenvalue weighted by molar-refractivity contribution is 6.12. The minimum atomic E-state index is -0.485. The van der Waals surface area contributed by atoms with Gasteiger partial charge in [-0.15, -0.1) is 0 Å². The Balaban J connectivity index is 1.77. The molecular weight excluding hydrogens is 280 g/mol. The second-order valence-electron chi connectivity index (χ2n) is 6.47. The van der Waals surface area contributed by atoms with Crippen molar-refractivity contribution in [2.75, 3.05) is 19.6 Å². The number of rotatable bonds is 1. The van der Waals surface area contributed by atoms with Crippen LogP contribution in [0.2, 0.25) is 0 Å². The molecule has 0 bridgehead atoms. The predicted octanol–water partition coefficient (Wildman–Crippen LogP) is 2.22. The monoisotopic (exact) mass is 300 g/mol. The molecule has 3 rings (SSSR count). The largest absolute Gasteiger partial charge is 0.444 e. The predicted molar refractivity (Wildman–Crippen MR) is 82.9 cm³/mol. The van der Waals surface area contributed by atoms with Crippen molar-refractivity contribution in [3.8, 4) is 0 Å². The van der Waals surface area contributed by atoms with E-state index in [9.17, 15) is 4.79 Å². The Kier molecular flexibility index (Phi) is 3.68. The molecule has 3 heterocycles. The summed E-state index contributed by atoms with van der Waals surface area (Å²) in [5.41, 5.74) is 2.68. The van der Waals surface area contributed by atoms with Crippen LogP contribution in [0.4, 0.5) is 4.79 Å². The van der Waals surface area contributed by atoms with Crippen LogP contribution in [0.5, 0.6) is 0 Å². The lowest BCUT2D eigenvalue weighted by molar-refractivity contribution is 0.0263. The van der Waals surface area contributed by atoms with Crippen LogP contribution in [0.15, 0.2) is 34.6 Å². The molecule has 22 heavy (non-hydrogen) atoms. The van der Waals surface area contributed by atoms with Gasteiger partial charge in [0.1, 0.15) is 11.3 Å². The molecule has 6 nitrogen and oxygen atoms in total. The van der Waals surface area contributed by atoms with Crippen molar-refractivity contribution < 1.29 is 9.53 Å². The third-order valence-corrected chi connectivity index (χ3v) is 3.60. The SMILES string of the molecule is CC(C)(C)OC(=O)N1CCC2=C(C1)C(c1ncccn1)=NC2. The van der Waals surface area contributed by atoms with Crippen LogP contribution < -0.4 is 0 Å². The minimum Gasteiger partial charge on any atom is -0.444 e. The number of aromatic nitrogens is 2. The average Bonchev–Trinajstić information content (AvgIpc) is 2.89. The standard InChI is InChI=1S/C16H20N4O2/c1-16(2,3)22-15(21)20-8-5-11-9-19-13(12(11)10-20)14-17-6-4-7-18-14/h4,6-7H,5,8-10H2,1-3H3. The van der Waals surface area contributed by atoms with Gasteiger partial charge >= 0.3 is 6.09 Å².